The number of likely N-dealkylation sites (tertiary alicyclic amines) is 1. The SMILES string of the molecule is COc1cc(/C=C/C(=O)N2CCC3(CC2)CC(=O)c2c(cc(C)c(Cl)c2C)O3)ccc1OC(C)=O. The highest BCUT2D eigenvalue weighted by atomic mass is 35.5. The molecule has 184 valence electrons. The van der Waals surface area contributed by atoms with Gasteiger partial charge in [-0.15, -0.1) is 0 Å². The van der Waals surface area contributed by atoms with Crippen LogP contribution in [0.15, 0.2) is 30.3 Å². The Kier molecular flexibility index (Phi) is 6.90. The third-order valence-electron chi connectivity index (χ3n) is 6.58. The third kappa shape index (κ3) is 5.05. The number of methoxy groups -OCH3 is 1. The van der Waals surface area contributed by atoms with Gasteiger partial charge in [0.1, 0.15) is 11.4 Å². The number of hydrogen-bond donors (Lipinski definition) is 0. The number of amides is 1. The summed E-state index contributed by atoms with van der Waals surface area (Å²) in [7, 11) is 1.48. The van der Waals surface area contributed by atoms with Crippen molar-refractivity contribution in [3.8, 4) is 17.2 Å². The fourth-order valence-corrected chi connectivity index (χ4v) is 4.86. The Morgan fingerprint density at radius 3 is 2.51 bits per heavy atom. The number of rotatable bonds is 4. The Bertz CT molecular complexity index is 1230. The number of nitrogens with zero attached hydrogens (tertiary/aromatic N) is 1. The molecule has 2 heterocycles. The molecule has 2 aromatic carbocycles. The Morgan fingerprint density at radius 2 is 1.86 bits per heavy atom. The molecule has 0 aromatic heterocycles. The molecule has 7 nitrogen and oxygen atoms in total. The van der Waals surface area contributed by atoms with E-state index in [2.05, 4.69) is 0 Å². The maximum atomic E-state index is 13.0. The number of benzene rings is 2. The number of carbonyl (C=O) groups excluding carboxylic acids is 3. The maximum absolute atomic E-state index is 13.0. The summed E-state index contributed by atoms with van der Waals surface area (Å²) in [6, 6.07) is 6.90. The molecule has 1 amide bonds. The lowest BCUT2D eigenvalue weighted by Crippen LogP contribution is -2.52. The van der Waals surface area contributed by atoms with Crippen LogP contribution in [0.4, 0.5) is 0 Å². The molecule has 1 spiro atoms. The van der Waals surface area contributed by atoms with E-state index < -0.39 is 11.6 Å². The summed E-state index contributed by atoms with van der Waals surface area (Å²) in [5.41, 5.74) is 2.35. The van der Waals surface area contributed by atoms with Crippen LogP contribution in [0, 0.1) is 13.8 Å². The van der Waals surface area contributed by atoms with Gasteiger partial charge in [-0.05, 0) is 54.8 Å². The lowest BCUT2D eigenvalue weighted by atomic mass is 9.81. The zero-order valence-electron chi connectivity index (χ0n) is 20.3. The van der Waals surface area contributed by atoms with E-state index in [0.717, 1.165) is 16.7 Å². The Labute approximate surface area is 209 Å². The van der Waals surface area contributed by atoms with Gasteiger partial charge in [0.2, 0.25) is 5.91 Å². The smallest absolute Gasteiger partial charge is 0.308 e. The first-order valence-corrected chi connectivity index (χ1v) is 11.9. The van der Waals surface area contributed by atoms with Crippen molar-refractivity contribution in [2.45, 2.75) is 45.6 Å². The summed E-state index contributed by atoms with van der Waals surface area (Å²) in [6.45, 7) is 6.05. The largest absolute Gasteiger partial charge is 0.493 e. The van der Waals surface area contributed by atoms with Gasteiger partial charge in [0, 0.05) is 44.0 Å². The zero-order valence-corrected chi connectivity index (χ0v) is 21.0. The maximum Gasteiger partial charge on any atom is 0.308 e. The lowest BCUT2D eigenvalue weighted by Gasteiger charge is -2.44. The van der Waals surface area contributed by atoms with Crippen LogP contribution in [0.1, 0.15) is 53.2 Å². The summed E-state index contributed by atoms with van der Waals surface area (Å²) in [5, 5.41) is 0.600. The van der Waals surface area contributed by atoms with E-state index in [1.165, 1.54) is 20.1 Å². The molecule has 4 rings (SSSR count). The molecule has 0 N–H and O–H groups in total. The van der Waals surface area contributed by atoms with Gasteiger partial charge < -0.3 is 19.1 Å². The Balaban J connectivity index is 1.42. The van der Waals surface area contributed by atoms with E-state index in [-0.39, 0.29) is 18.1 Å². The summed E-state index contributed by atoms with van der Waals surface area (Å²) in [4.78, 5) is 38.8. The molecule has 0 saturated carbocycles. The van der Waals surface area contributed by atoms with Crippen LogP contribution in [-0.4, -0.2) is 48.4 Å². The molecular formula is C27H28ClNO6. The average Bonchev–Trinajstić information content (AvgIpc) is 2.81. The minimum Gasteiger partial charge on any atom is -0.493 e. The fourth-order valence-electron chi connectivity index (χ4n) is 4.71. The van der Waals surface area contributed by atoms with Gasteiger partial charge in [0.15, 0.2) is 17.3 Å². The molecule has 0 unspecified atom stereocenters. The molecule has 35 heavy (non-hydrogen) atoms. The topological polar surface area (TPSA) is 82.1 Å². The van der Waals surface area contributed by atoms with Crippen molar-refractivity contribution >= 4 is 35.3 Å². The fraction of sp³-hybridized carbons (Fsp3) is 0.370. The molecule has 1 fully saturated rings. The number of fused-ring (bicyclic) bond motifs is 1. The monoisotopic (exact) mass is 497 g/mol. The second-order valence-corrected chi connectivity index (χ2v) is 9.43. The number of esters is 1. The van der Waals surface area contributed by atoms with Crippen molar-refractivity contribution in [3.05, 3.63) is 57.6 Å². The van der Waals surface area contributed by atoms with E-state index in [1.807, 2.05) is 19.9 Å². The minimum absolute atomic E-state index is 0.0384. The van der Waals surface area contributed by atoms with Crippen molar-refractivity contribution in [1.29, 1.82) is 0 Å². The van der Waals surface area contributed by atoms with Gasteiger partial charge in [0.25, 0.3) is 0 Å². The van der Waals surface area contributed by atoms with Gasteiger partial charge in [0.05, 0.1) is 19.1 Å². The van der Waals surface area contributed by atoms with Gasteiger partial charge >= 0.3 is 5.97 Å². The molecule has 2 aromatic rings. The Hall–Kier alpha value is -3.32. The molecule has 1 saturated heterocycles. The third-order valence-corrected chi connectivity index (χ3v) is 7.16. The number of halogens is 1. The van der Waals surface area contributed by atoms with Gasteiger partial charge in [-0.2, -0.15) is 0 Å². The molecule has 2 aliphatic rings. The van der Waals surface area contributed by atoms with Crippen molar-refractivity contribution in [2.75, 3.05) is 20.2 Å². The number of carbonyl (C=O) groups is 3. The number of ether oxygens (including phenoxy) is 3. The predicted molar refractivity (Wildman–Crippen MR) is 132 cm³/mol. The second kappa shape index (κ2) is 9.74. The molecule has 0 atom stereocenters. The molecule has 0 aliphatic carbocycles. The average molecular weight is 498 g/mol. The molecule has 8 heteroatoms. The lowest BCUT2D eigenvalue weighted by molar-refractivity contribution is -0.132. The van der Waals surface area contributed by atoms with Crippen LogP contribution in [0.3, 0.4) is 0 Å². The van der Waals surface area contributed by atoms with E-state index in [9.17, 15) is 14.4 Å². The quantitative estimate of drug-likeness (QED) is 0.338. The van der Waals surface area contributed by atoms with Gasteiger partial charge in [-0.25, -0.2) is 0 Å². The van der Waals surface area contributed by atoms with Crippen LogP contribution >= 0.6 is 11.6 Å². The van der Waals surface area contributed by atoms with Crippen molar-refractivity contribution in [2.24, 2.45) is 0 Å². The van der Waals surface area contributed by atoms with Crippen molar-refractivity contribution < 1.29 is 28.6 Å². The normalized spacial score (nSPS) is 16.7. The van der Waals surface area contributed by atoms with E-state index in [4.69, 9.17) is 25.8 Å². The highest BCUT2D eigenvalue weighted by molar-refractivity contribution is 6.32. The van der Waals surface area contributed by atoms with Crippen LogP contribution < -0.4 is 14.2 Å². The number of aryl methyl sites for hydroxylation is 1. The van der Waals surface area contributed by atoms with Crippen LogP contribution in [0.5, 0.6) is 17.2 Å². The second-order valence-electron chi connectivity index (χ2n) is 9.05. The number of hydrogen-bond acceptors (Lipinski definition) is 6. The van der Waals surface area contributed by atoms with Crippen LogP contribution in [0.2, 0.25) is 5.02 Å². The first-order valence-electron chi connectivity index (χ1n) is 11.5. The predicted octanol–water partition coefficient (Wildman–Crippen LogP) is 4.93. The number of piperidine rings is 1. The summed E-state index contributed by atoms with van der Waals surface area (Å²) < 4.78 is 16.8. The standard InChI is InChI=1S/C27H28ClNO6/c1-16-13-23-25(17(2)26(16)28)20(31)15-27(35-23)9-11-29(12-10-27)24(32)8-6-19-5-7-21(34-18(3)30)22(14-19)33-4/h5-8,13-14H,9-12,15H2,1-4H3/b8-6+. The molecular weight excluding hydrogens is 470 g/mol. The van der Waals surface area contributed by atoms with E-state index in [1.54, 1.807) is 29.2 Å². The molecule has 0 bridgehead atoms. The summed E-state index contributed by atoms with van der Waals surface area (Å²) >= 11 is 6.34. The van der Waals surface area contributed by atoms with Crippen molar-refractivity contribution in [3.63, 3.8) is 0 Å². The van der Waals surface area contributed by atoms with E-state index >= 15 is 0 Å². The molecule has 0 radical (unpaired) electrons. The highest BCUT2D eigenvalue weighted by Gasteiger charge is 2.44. The minimum atomic E-state index is -0.600. The molecule has 2 aliphatic heterocycles. The summed E-state index contributed by atoms with van der Waals surface area (Å²) in [6.07, 6.45) is 4.63. The number of Topliss-reactive ketones (excluding diaryl/α,β-unsaturated/α-hetero) is 1. The van der Waals surface area contributed by atoms with Gasteiger partial charge in [-0.1, -0.05) is 17.7 Å². The van der Waals surface area contributed by atoms with E-state index in [0.29, 0.717) is 53.8 Å². The highest BCUT2D eigenvalue weighted by Crippen LogP contribution is 2.43. The first kappa shape index (κ1) is 24.8. The first-order chi connectivity index (χ1) is 16.6. The van der Waals surface area contributed by atoms with Crippen molar-refractivity contribution in [1.82, 2.24) is 4.90 Å². The van der Waals surface area contributed by atoms with Crippen LogP contribution in [0.25, 0.3) is 6.08 Å². The van der Waals surface area contributed by atoms with Gasteiger partial charge in [-0.3, -0.25) is 14.4 Å². The van der Waals surface area contributed by atoms with Crippen LogP contribution in [-0.2, 0) is 9.59 Å². The zero-order chi connectivity index (χ0) is 25.3. The number of ketones is 1. The summed E-state index contributed by atoms with van der Waals surface area (Å²) in [5.74, 6) is 0.791. The Morgan fingerprint density at radius 1 is 1.14 bits per heavy atom.